The molecule has 0 unspecified atom stereocenters. The van der Waals surface area contributed by atoms with E-state index in [9.17, 15) is 0 Å². The van der Waals surface area contributed by atoms with Crippen molar-refractivity contribution < 1.29 is 4.42 Å². The topological polar surface area (TPSA) is 38.9 Å². The molecule has 2 rings (SSSR count). The first kappa shape index (κ1) is 12.2. The molecule has 2 aromatic rings. The highest BCUT2D eigenvalue weighted by Crippen LogP contribution is 2.35. The molecule has 0 radical (unpaired) electrons. The molecule has 17 heavy (non-hydrogen) atoms. The average molecular weight is 248 g/mol. The molecule has 4 heteroatoms. The molecule has 0 atom stereocenters. The van der Waals surface area contributed by atoms with E-state index in [0.29, 0.717) is 17.7 Å². The van der Waals surface area contributed by atoms with Crippen molar-refractivity contribution in [2.45, 2.75) is 31.6 Å². The van der Waals surface area contributed by atoms with Crippen LogP contribution in [0.2, 0.25) is 0 Å². The van der Waals surface area contributed by atoms with E-state index in [-0.39, 0.29) is 0 Å². The summed E-state index contributed by atoms with van der Waals surface area (Å²) in [6, 6.07) is 6.23. The number of rotatable bonds is 3. The summed E-state index contributed by atoms with van der Waals surface area (Å²) in [4.78, 5) is 1.23. The van der Waals surface area contributed by atoms with Crippen LogP contribution in [-0.2, 0) is 0 Å². The zero-order chi connectivity index (χ0) is 12.4. The lowest BCUT2D eigenvalue weighted by atomic mass is 10.0. The minimum absolute atomic E-state index is 0.487. The van der Waals surface area contributed by atoms with Crippen molar-refractivity contribution in [3.05, 3.63) is 29.7 Å². The lowest BCUT2D eigenvalue weighted by Crippen LogP contribution is -1.93. The van der Waals surface area contributed by atoms with Crippen molar-refractivity contribution >= 4 is 11.8 Å². The van der Waals surface area contributed by atoms with E-state index in [1.807, 2.05) is 19.1 Å². The first-order chi connectivity index (χ1) is 8.13. The van der Waals surface area contributed by atoms with Gasteiger partial charge in [0.15, 0.2) is 0 Å². The highest BCUT2D eigenvalue weighted by atomic mass is 32.2. The first-order valence-electron chi connectivity index (χ1n) is 5.61. The van der Waals surface area contributed by atoms with Gasteiger partial charge in [-0.1, -0.05) is 26.0 Å². The second kappa shape index (κ2) is 4.92. The van der Waals surface area contributed by atoms with Gasteiger partial charge in [0.25, 0.3) is 0 Å². The fourth-order valence-corrected chi connectivity index (χ4v) is 2.73. The van der Waals surface area contributed by atoms with Gasteiger partial charge in [0.2, 0.25) is 11.8 Å². The fourth-order valence-electron chi connectivity index (χ4n) is 1.81. The van der Waals surface area contributed by atoms with E-state index in [0.717, 1.165) is 5.56 Å². The van der Waals surface area contributed by atoms with Gasteiger partial charge in [-0.05, 0) is 23.8 Å². The molecular weight excluding hydrogens is 232 g/mol. The molecule has 0 spiro atoms. The SMILES string of the molecule is CSc1c(-c2nnc(C)o2)cccc1C(C)C. The lowest BCUT2D eigenvalue weighted by molar-refractivity contribution is 0.531. The van der Waals surface area contributed by atoms with Crippen molar-refractivity contribution in [3.8, 4) is 11.5 Å². The predicted octanol–water partition coefficient (Wildman–Crippen LogP) is 3.89. The van der Waals surface area contributed by atoms with Gasteiger partial charge in [-0.15, -0.1) is 22.0 Å². The molecule has 0 saturated carbocycles. The number of nitrogens with zero attached hydrogens (tertiary/aromatic N) is 2. The summed E-state index contributed by atoms with van der Waals surface area (Å²) in [6.07, 6.45) is 2.08. The molecule has 0 saturated heterocycles. The zero-order valence-electron chi connectivity index (χ0n) is 10.5. The van der Waals surface area contributed by atoms with Crippen molar-refractivity contribution in [2.75, 3.05) is 6.26 Å². The van der Waals surface area contributed by atoms with E-state index in [4.69, 9.17) is 4.42 Å². The molecule has 1 heterocycles. The zero-order valence-corrected chi connectivity index (χ0v) is 11.3. The van der Waals surface area contributed by atoms with Gasteiger partial charge < -0.3 is 4.42 Å². The van der Waals surface area contributed by atoms with Crippen LogP contribution < -0.4 is 0 Å². The molecule has 0 aliphatic rings. The molecule has 1 aromatic carbocycles. The number of thioether (sulfide) groups is 1. The van der Waals surface area contributed by atoms with Crippen LogP contribution >= 0.6 is 11.8 Å². The van der Waals surface area contributed by atoms with Gasteiger partial charge in [0, 0.05) is 11.8 Å². The Morgan fingerprint density at radius 1 is 1.24 bits per heavy atom. The quantitative estimate of drug-likeness (QED) is 0.772. The predicted molar refractivity (Wildman–Crippen MR) is 70.3 cm³/mol. The van der Waals surface area contributed by atoms with Gasteiger partial charge in [0.05, 0.1) is 5.56 Å². The second-order valence-electron chi connectivity index (χ2n) is 4.21. The number of hydrogen-bond donors (Lipinski definition) is 0. The van der Waals surface area contributed by atoms with Gasteiger partial charge in [-0.3, -0.25) is 0 Å². The molecule has 1 aromatic heterocycles. The third-order valence-electron chi connectivity index (χ3n) is 2.63. The van der Waals surface area contributed by atoms with Gasteiger partial charge in [-0.2, -0.15) is 0 Å². The Morgan fingerprint density at radius 2 is 2.00 bits per heavy atom. The van der Waals surface area contributed by atoms with E-state index < -0.39 is 0 Å². The number of hydrogen-bond acceptors (Lipinski definition) is 4. The van der Waals surface area contributed by atoms with E-state index in [1.165, 1.54) is 10.5 Å². The summed E-state index contributed by atoms with van der Waals surface area (Å²) in [5.41, 5.74) is 2.36. The summed E-state index contributed by atoms with van der Waals surface area (Å²) in [7, 11) is 0. The molecular formula is C13H16N2OS. The monoisotopic (exact) mass is 248 g/mol. The number of benzene rings is 1. The average Bonchev–Trinajstić information content (AvgIpc) is 2.74. The summed E-state index contributed by atoms with van der Waals surface area (Å²) < 4.78 is 5.51. The van der Waals surface area contributed by atoms with Crippen LogP contribution in [-0.4, -0.2) is 16.5 Å². The maximum atomic E-state index is 5.51. The first-order valence-corrected chi connectivity index (χ1v) is 6.83. The molecule has 3 nitrogen and oxygen atoms in total. The van der Waals surface area contributed by atoms with Crippen LogP contribution in [0.1, 0.15) is 31.2 Å². The highest BCUT2D eigenvalue weighted by molar-refractivity contribution is 7.98. The summed E-state index contributed by atoms with van der Waals surface area (Å²) in [5.74, 6) is 1.69. The molecule has 90 valence electrons. The summed E-state index contributed by atoms with van der Waals surface area (Å²) in [5, 5.41) is 7.98. The lowest BCUT2D eigenvalue weighted by Gasteiger charge is -2.13. The van der Waals surface area contributed by atoms with Gasteiger partial charge in [0.1, 0.15) is 0 Å². The molecule has 0 N–H and O–H groups in total. The van der Waals surface area contributed by atoms with Crippen molar-refractivity contribution in [3.63, 3.8) is 0 Å². The van der Waals surface area contributed by atoms with Crippen molar-refractivity contribution in [2.24, 2.45) is 0 Å². The van der Waals surface area contributed by atoms with Gasteiger partial charge in [-0.25, -0.2) is 0 Å². The minimum Gasteiger partial charge on any atom is -0.421 e. The summed E-state index contributed by atoms with van der Waals surface area (Å²) >= 11 is 1.73. The molecule has 0 fully saturated rings. The van der Waals surface area contributed by atoms with Crippen LogP contribution in [0.25, 0.3) is 11.5 Å². The third-order valence-corrected chi connectivity index (χ3v) is 3.49. The summed E-state index contributed by atoms with van der Waals surface area (Å²) in [6.45, 7) is 6.19. The van der Waals surface area contributed by atoms with Crippen LogP contribution in [0.15, 0.2) is 27.5 Å². The third kappa shape index (κ3) is 2.36. The molecule has 0 aliphatic carbocycles. The largest absolute Gasteiger partial charge is 0.421 e. The second-order valence-corrected chi connectivity index (χ2v) is 5.03. The Hall–Kier alpha value is -1.29. The maximum absolute atomic E-state index is 5.51. The molecule has 0 aliphatic heterocycles. The fraction of sp³-hybridized carbons (Fsp3) is 0.385. The van der Waals surface area contributed by atoms with E-state index in [2.05, 4.69) is 36.4 Å². The van der Waals surface area contributed by atoms with Crippen molar-refractivity contribution in [1.82, 2.24) is 10.2 Å². The number of aromatic nitrogens is 2. The smallest absolute Gasteiger partial charge is 0.248 e. The van der Waals surface area contributed by atoms with Gasteiger partial charge >= 0.3 is 0 Å². The normalized spacial score (nSPS) is 11.1. The van der Waals surface area contributed by atoms with Crippen LogP contribution in [0, 0.1) is 6.92 Å². The van der Waals surface area contributed by atoms with Crippen LogP contribution in [0.5, 0.6) is 0 Å². The van der Waals surface area contributed by atoms with Crippen LogP contribution in [0.3, 0.4) is 0 Å². The Morgan fingerprint density at radius 3 is 2.53 bits per heavy atom. The highest BCUT2D eigenvalue weighted by Gasteiger charge is 2.15. The van der Waals surface area contributed by atoms with E-state index in [1.54, 1.807) is 11.8 Å². The van der Waals surface area contributed by atoms with Crippen molar-refractivity contribution in [1.29, 1.82) is 0 Å². The standard InChI is InChI=1S/C13H16N2OS/c1-8(2)10-6-5-7-11(12(10)17-4)13-15-14-9(3)16-13/h5-8H,1-4H3. The van der Waals surface area contributed by atoms with E-state index >= 15 is 0 Å². The Kier molecular flexibility index (Phi) is 3.52. The Balaban J connectivity index is 2.58. The molecule has 0 amide bonds. The molecule has 0 bridgehead atoms. The minimum atomic E-state index is 0.487. The number of aryl methyl sites for hydroxylation is 1. The Bertz CT molecular complexity index is 520. The Labute approximate surface area is 106 Å². The maximum Gasteiger partial charge on any atom is 0.248 e. The van der Waals surface area contributed by atoms with Crippen LogP contribution in [0.4, 0.5) is 0 Å².